The Morgan fingerprint density at radius 2 is 1.96 bits per heavy atom. The summed E-state index contributed by atoms with van der Waals surface area (Å²) in [5.74, 6) is 0.140. The maximum Gasteiger partial charge on any atom is 0.257 e. The first-order valence-electron chi connectivity index (χ1n) is 8.06. The van der Waals surface area contributed by atoms with Gasteiger partial charge in [-0.3, -0.25) is 14.5 Å². The molecule has 0 spiro atoms. The highest BCUT2D eigenvalue weighted by Crippen LogP contribution is 2.10. The number of carbonyl (C=O) groups excluding carboxylic acids is 2. The first-order valence-corrected chi connectivity index (χ1v) is 8.06. The summed E-state index contributed by atoms with van der Waals surface area (Å²) < 4.78 is 10.4. The fourth-order valence-electron chi connectivity index (χ4n) is 3.01. The van der Waals surface area contributed by atoms with Crippen LogP contribution in [0.2, 0.25) is 0 Å². The van der Waals surface area contributed by atoms with Crippen LogP contribution in [0, 0.1) is 0 Å². The maximum absolute atomic E-state index is 12.3. The van der Waals surface area contributed by atoms with Gasteiger partial charge < -0.3 is 19.0 Å². The van der Waals surface area contributed by atoms with Gasteiger partial charge in [-0.1, -0.05) is 0 Å². The Hall–Kier alpha value is -1.86. The molecule has 2 fully saturated rings. The van der Waals surface area contributed by atoms with Gasteiger partial charge in [-0.2, -0.15) is 0 Å². The average molecular weight is 321 g/mol. The molecule has 23 heavy (non-hydrogen) atoms. The van der Waals surface area contributed by atoms with Crippen molar-refractivity contribution in [2.45, 2.75) is 13.0 Å². The molecular formula is C16H23N3O4. The van der Waals surface area contributed by atoms with E-state index in [1.165, 1.54) is 12.5 Å². The molecule has 3 heterocycles. The summed E-state index contributed by atoms with van der Waals surface area (Å²) in [5.41, 5.74) is 0.580. The van der Waals surface area contributed by atoms with Crippen molar-refractivity contribution in [2.75, 3.05) is 52.4 Å². The Kier molecular flexibility index (Phi) is 4.97. The first-order chi connectivity index (χ1) is 11.1. The van der Waals surface area contributed by atoms with E-state index in [0.29, 0.717) is 44.9 Å². The summed E-state index contributed by atoms with van der Waals surface area (Å²) in [7, 11) is 0. The SMILES string of the molecule is CC1CN(C(=O)CN2CCN(C(=O)c3ccoc3)CC2)CCO1. The molecule has 3 rings (SSSR count). The molecule has 1 aromatic rings. The molecule has 2 aliphatic rings. The molecule has 7 heteroatoms. The number of amides is 2. The van der Waals surface area contributed by atoms with Crippen LogP contribution in [-0.2, 0) is 9.53 Å². The highest BCUT2D eigenvalue weighted by molar-refractivity contribution is 5.93. The molecule has 1 unspecified atom stereocenters. The molecule has 0 N–H and O–H groups in total. The zero-order chi connectivity index (χ0) is 16.2. The van der Waals surface area contributed by atoms with Gasteiger partial charge in [0.1, 0.15) is 6.26 Å². The molecule has 0 aliphatic carbocycles. The second kappa shape index (κ2) is 7.14. The van der Waals surface area contributed by atoms with Gasteiger partial charge in [-0.25, -0.2) is 0 Å². The summed E-state index contributed by atoms with van der Waals surface area (Å²) in [6.07, 6.45) is 3.08. The highest BCUT2D eigenvalue weighted by atomic mass is 16.5. The number of carbonyl (C=O) groups is 2. The highest BCUT2D eigenvalue weighted by Gasteiger charge is 2.26. The van der Waals surface area contributed by atoms with Crippen LogP contribution in [0.1, 0.15) is 17.3 Å². The number of rotatable bonds is 3. The molecule has 7 nitrogen and oxygen atoms in total. The predicted molar refractivity (Wildman–Crippen MR) is 83.0 cm³/mol. The number of ether oxygens (including phenoxy) is 1. The number of hydrogen-bond donors (Lipinski definition) is 0. The van der Waals surface area contributed by atoms with Gasteiger partial charge in [0.15, 0.2) is 0 Å². The fraction of sp³-hybridized carbons (Fsp3) is 0.625. The van der Waals surface area contributed by atoms with Gasteiger partial charge in [-0.05, 0) is 13.0 Å². The van der Waals surface area contributed by atoms with E-state index in [4.69, 9.17) is 9.15 Å². The zero-order valence-electron chi connectivity index (χ0n) is 13.4. The predicted octanol–water partition coefficient (Wildman–Crippen LogP) is 0.285. The van der Waals surface area contributed by atoms with Crippen LogP contribution in [0.3, 0.4) is 0 Å². The summed E-state index contributed by atoms with van der Waals surface area (Å²) in [6, 6.07) is 1.68. The van der Waals surface area contributed by atoms with Crippen molar-refractivity contribution in [1.29, 1.82) is 0 Å². The summed E-state index contributed by atoms with van der Waals surface area (Å²) in [5, 5.41) is 0. The maximum atomic E-state index is 12.3. The van der Waals surface area contributed by atoms with Crippen LogP contribution < -0.4 is 0 Å². The minimum Gasteiger partial charge on any atom is -0.472 e. The first kappa shape index (κ1) is 16.0. The second-order valence-corrected chi connectivity index (χ2v) is 6.10. The lowest BCUT2D eigenvalue weighted by Gasteiger charge is -2.36. The number of piperazine rings is 1. The zero-order valence-corrected chi connectivity index (χ0v) is 13.4. The molecule has 0 saturated carbocycles. The van der Waals surface area contributed by atoms with Crippen molar-refractivity contribution in [3.05, 3.63) is 24.2 Å². The van der Waals surface area contributed by atoms with E-state index in [2.05, 4.69) is 4.90 Å². The molecule has 2 saturated heterocycles. The van der Waals surface area contributed by atoms with Crippen LogP contribution in [0.5, 0.6) is 0 Å². The average Bonchev–Trinajstić information content (AvgIpc) is 3.09. The monoisotopic (exact) mass is 321 g/mol. The molecular weight excluding hydrogens is 298 g/mol. The van der Waals surface area contributed by atoms with Crippen molar-refractivity contribution in [1.82, 2.24) is 14.7 Å². The van der Waals surface area contributed by atoms with E-state index >= 15 is 0 Å². The topological polar surface area (TPSA) is 66.2 Å². The lowest BCUT2D eigenvalue weighted by Crippen LogP contribution is -2.53. The van der Waals surface area contributed by atoms with Crippen LogP contribution >= 0.6 is 0 Å². The number of hydrogen-bond acceptors (Lipinski definition) is 5. The second-order valence-electron chi connectivity index (χ2n) is 6.10. The van der Waals surface area contributed by atoms with Gasteiger partial charge in [-0.15, -0.1) is 0 Å². The quantitative estimate of drug-likeness (QED) is 0.800. The van der Waals surface area contributed by atoms with Crippen molar-refractivity contribution in [3.8, 4) is 0 Å². The van der Waals surface area contributed by atoms with Crippen molar-refractivity contribution < 1.29 is 18.7 Å². The van der Waals surface area contributed by atoms with Gasteiger partial charge in [0.25, 0.3) is 5.91 Å². The van der Waals surface area contributed by atoms with Crippen molar-refractivity contribution >= 4 is 11.8 Å². The minimum absolute atomic E-state index is 0.00766. The van der Waals surface area contributed by atoms with Gasteiger partial charge in [0, 0.05) is 39.3 Å². The molecule has 2 aliphatic heterocycles. The standard InChI is InChI=1S/C16H23N3O4/c1-13-10-19(7-9-23-13)15(20)11-17-3-5-18(6-4-17)16(21)14-2-8-22-12-14/h2,8,12-13H,3-7,9-11H2,1H3. The largest absolute Gasteiger partial charge is 0.472 e. The van der Waals surface area contributed by atoms with E-state index in [0.717, 1.165) is 13.1 Å². The third kappa shape index (κ3) is 3.92. The molecule has 126 valence electrons. The smallest absolute Gasteiger partial charge is 0.257 e. The lowest BCUT2D eigenvalue weighted by molar-refractivity contribution is -0.139. The van der Waals surface area contributed by atoms with E-state index in [-0.39, 0.29) is 17.9 Å². The summed E-state index contributed by atoms with van der Waals surface area (Å²) in [6.45, 7) is 7.05. The Morgan fingerprint density at radius 3 is 2.61 bits per heavy atom. The van der Waals surface area contributed by atoms with Gasteiger partial charge in [0.2, 0.25) is 5.91 Å². The van der Waals surface area contributed by atoms with Crippen molar-refractivity contribution in [3.63, 3.8) is 0 Å². The van der Waals surface area contributed by atoms with E-state index < -0.39 is 0 Å². The minimum atomic E-state index is -0.00766. The van der Waals surface area contributed by atoms with Gasteiger partial charge in [0.05, 0.1) is 31.1 Å². The summed E-state index contributed by atoms with van der Waals surface area (Å²) >= 11 is 0. The third-order valence-corrected chi connectivity index (χ3v) is 4.38. The van der Waals surface area contributed by atoms with E-state index in [1.54, 1.807) is 6.07 Å². The van der Waals surface area contributed by atoms with E-state index in [1.807, 2.05) is 16.7 Å². The Morgan fingerprint density at radius 1 is 1.17 bits per heavy atom. The molecule has 2 amide bonds. The lowest BCUT2D eigenvalue weighted by atomic mass is 10.2. The fourth-order valence-corrected chi connectivity index (χ4v) is 3.01. The molecule has 1 aromatic heterocycles. The Balaban J connectivity index is 1.45. The molecule has 0 bridgehead atoms. The molecule has 1 atom stereocenters. The van der Waals surface area contributed by atoms with E-state index in [9.17, 15) is 9.59 Å². The van der Waals surface area contributed by atoms with Crippen LogP contribution in [0.15, 0.2) is 23.0 Å². The molecule has 0 radical (unpaired) electrons. The van der Waals surface area contributed by atoms with Crippen LogP contribution in [-0.4, -0.2) is 85.0 Å². The number of furan rings is 1. The Labute approximate surface area is 135 Å². The van der Waals surface area contributed by atoms with Crippen LogP contribution in [0.4, 0.5) is 0 Å². The normalized spacial score (nSPS) is 23.1. The van der Waals surface area contributed by atoms with Gasteiger partial charge >= 0.3 is 0 Å². The number of morpholine rings is 1. The third-order valence-electron chi connectivity index (χ3n) is 4.38. The van der Waals surface area contributed by atoms with Crippen molar-refractivity contribution in [2.24, 2.45) is 0 Å². The molecule has 0 aromatic carbocycles. The number of nitrogens with zero attached hydrogens (tertiary/aromatic N) is 3. The summed E-state index contributed by atoms with van der Waals surface area (Å²) in [4.78, 5) is 30.4. The van der Waals surface area contributed by atoms with Crippen LogP contribution in [0.25, 0.3) is 0 Å². The Bertz CT molecular complexity index is 538.